The zero-order valence-corrected chi connectivity index (χ0v) is 11.3. The SMILES string of the molecule is CC1(c2ccccc2)CC(=O)N(N2CC(=O)NC2=O)C1=O. The standard InChI is InChI=1S/C14H13N3O4/c1-14(9-5-3-2-4-6-9)7-11(19)17(12(14)20)16-8-10(18)15-13(16)21/h2-6H,7-8H2,1H3,(H,15,18,21). The Balaban J connectivity index is 1.96. The first-order valence-corrected chi connectivity index (χ1v) is 6.47. The molecule has 1 N–H and O–H groups in total. The van der Waals surface area contributed by atoms with Crippen LogP contribution in [-0.2, 0) is 19.8 Å². The Kier molecular flexibility index (Phi) is 2.79. The lowest BCUT2D eigenvalue weighted by Gasteiger charge is -2.26. The topological polar surface area (TPSA) is 86.8 Å². The lowest BCUT2D eigenvalue weighted by molar-refractivity contribution is -0.153. The highest BCUT2D eigenvalue weighted by Crippen LogP contribution is 2.37. The molecule has 2 heterocycles. The van der Waals surface area contributed by atoms with Gasteiger partial charge in [-0.05, 0) is 12.5 Å². The molecule has 0 spiro atoms. The molecule has 2 aliphatic rings. The summed E-state index contributed by atoms with van der Waals surface area (Å²) in [5.74, 6) is -1.52. The number of nitrogens with one attached hydrogen (secondary N) is 1. The van der Waals surface area contributed by atoms with Gasteiger partial charge in [-0.15, -0.1) is 0 Å². The summed E-state index contributed by atoms with van der Waals surface area (Å²) in [6.07, 6.45) is -0.0339. The largest absolute Gasteiger partial charge is 0.343 e. The van der Waals surface area contributed by atoms with Gasteiger partial charge in [0.15, 0.2) is 0 Å². The minimum Gasteiger partial charge on any atom is -0.275 e. The van der Waals surface area contributed by atoms with Crippen LogP contribution in [0.15, 0.2) is 30.3 Å². The molecule has 0 aliphatic carbocycles. The number of nitrogens with zero attached hydrogens (tertiary/aromatic N) is 2. The predicted octanol–water partition coefficient (Wildman–Crippen LogP) is 0.170. The van der Waals surface area contributed by atoms with Crippen molar-refractivity contribution in [3.8, 4) is 0 Å². The van der Waals surface area contributed by atoms with Gasteiger partial charge >= 0.3 is 6.03 Å². The van der Waals surface area contributed by atoms with Crippen LogP contribution in [0.4, 0.5) is 4.79 Å². The van der Waals surface area contributed by atoms with E-state index in [2.05, 4.69) is 5.32 Å². The number of hydrazine groups is 1. The quantitative estimate of drug-likeness (QED) is 0.620. The molecule has 5 amide bonds. The molecule has 1 atom stereocenters. The van der Waals surface area contributed by atoms with E-state index in [1.54, 1.807) is 31.2 Å². The van der Waals surface area contributed by atoms with Crippen LogP contribution >= 0.6 is 0 Å². The van der Waals surface area contributed by atoms with Gasteiger partial charge in [-0.3, -0.25) is 19.7 Å². The first-order chi connectivity index (χ1) is 9.93. The highest BCUT2D eigenvalue weighted by atomic mass is 16.2. The second-order valence-corrected chi connectivity index (χ2v) is 5.30. The maximum atomic E-state index is 12.6. The number of urea groups is 1. The number of carbonyl (C=O) groups excluding carboxylic acids is 4. The lowest BCUT2D eigenvalue weighted by atomic mass is 9.81. The van der Waals surface area contributed by atoms with E-state index in [9.17, 15) is 19.2 Å². The summed E-state index contributed by atoms with van der Waals surface area (Å²) in [4.78, 5) is 47.7. The number of carbonyl (C=O) groups is 4. The van der Waals surface area contributed by atoms with Gasteiger partial charge in [0.05, 0.1) is 5.41 Å². The third-order valence-electron chi connectivity index (χ3n) is 3.83. The Morgan fingerprint density at radius 2 is 1.76 bits per heavy atom. The molecule has 0 radical (unpaired) electrons. The Bertz CT molecular complexity index is 657. The molecule has 108 valence electrons. The van der Waals surface area contributed by atoms with Crippen LogP contribution in [0.1, 0.15) is 18.9 Å². The molecule has 2 aliphatic heterocycles. The monoisotopic (exact) mass is 287 g/mol. The summed E-state index contributed by atoms with van der Waals surface area (Å²) in [6, 6.07) is 8.17. The fourth-order valence-corrected chi connectivity index (χ4v) is 2.67. The Morgan fingerprint density at radius 3 is 2.33 bits per heavy atom. The number of benzene rings is 1. The van der Waals surface area contributed by atoms with E-state index in [0.717, 1.165) is 10.0 Å². The van der Waals surface area contributed by atoms with Crippen molar-refractivity contribution >= 4 is 23.8 Å². The van der Waals surface area contributed by atoms with Gasteiger partial charge in [0, 0.05) is 6.42 Å². The zero-order valence-electron chi connectivity index (χ0n) is 11.3. The van der Waals surface area contributed by atoms with Crippen molar-refractivity contribution in [3.63, 3.8) is 0 Å². The molecular weight excluding hydrogens is 274 g/mol. The zero-order chi connectivity index (χ0) is 15.2. The third kappa shape index (κ3) is 1.89. The van der Waals surface area contributed by atoms with Crippen LogP contribution in [0.3, 0.4) is 0 Å². The molecule has 2 fully saturated rings. The molecule has 1 unspecified atom stereocenters. The van der Waals surface area contributed by atoms with Crippen LogP contribution < -0.4 is 5.32 Å². The van der Waals surface area contributed by atoms with Crippen LogP contribution in [0, 0.1) is 0 Å². The van der Waals surface area contributed by atoms with Crippen molar-refractivity contribution in [1.82, 2.24) is 15.3 Å². The summed E-state index contributed by atoms with van der Waals surface area (Å²) >= 11 is 0. The number of rotatable bonds is 2. The van der Waals surface area contributed by atoms with Gasteiger partial charge in [-0.1, -0.05) is 30.3 Å². The summed E-state index contributed by atoms with van der Waals surface area (Å²) < 4.78 is 0. The van der Waals surface area contributed by atoms with Crippen molar-refractivity contribution < 1.29 is 19.2 Å². The van der Waals surface area contributed by atoms with Gasteiger partial charge in [0.2, 0.25) is 11.8 Å². The van der Waals surface area contributed by atoms with Gasteiger partial charge in [-0.2, -0.15) is 5.01 Å². The molecule has 2 saturated heterocycles. The molecule has 0 aromatic heterocycles. The van der Waals surface area contributed by atoms with E-state index in [1.807, 2.05) is 6.07 Å². The van der Waals surface area contributed by atoms with Crippen LogP contribution in [0.25, 0.3) is 0 Å². The van der Waals surface area contributed by atoms with Crippen molar-refractivity contribution in [2.45, 2.75) is 18.8 Å². The minimum atomic E-state index is -1.02. The highest BCUT2D eigenvalue weighted by Gasteiger charge is 2.53. The average molecular weight is 287 g/mol. The fraction of sp³-hybridized carbons (Fsp3) is 0.286. The second-order valence-electron chi connectivity index (χ2n) is 5.30. The van der Waals surface area contributed by atoms with E-state index in [1.165, 1.54) is 0 Å². The van der Waals surface area contributed by atoms with Crippen LogP contribution in [0.5, 0.6) is 0 Å². The molecule has 1 aromatic rings. The number of hydrogen-bond donors (Lipinski definition) is 1. The highest BCUT2D eigenvalue weighted by molar-refractivity contribution is 6.12. The van der Waals surface area contributed by atoms with Crippen LogP contribution in [-0.4, -0.2) is 40.3 Å². The van der Waals surface area contributed by atoms with Crippen molar-refractivity contribution in [2.75, 3.05) is 6.54 Å². The average Bonchev–Trinajstić information content (AvgIpc) is 2.89. The molecule has 0 saturated carbocycles. The Morgan fingerprint density at radius 1 is 1.10 bits per heavy atom. The van der Waals surface area contributed by atoms with Crippen molar-refractivity contribution in [1.29, 1.82) is 0 Å². The van der Waals surface area contributed by atoms with Gasteiger partial charge in [0.1, 0.15) is 6.54 Å². The van der Waals surface area contributed by atoms with E-state index < -0.39 is 29.2 Å². The van der Waals surface area contributed by atoms with E-state index >= 15 is 0 Å². The first-order valence-electron chi connectivity index (χ1n) is 6.47. The Labute approximate surface area is 120 Å². The smallest absolute Gasteiger partial charge is 0.275 e. The lowest BCUT2D eigenvalue weighted by Crippen LogP contribution is -2.49. The van der Waals surface area contributed by atoms with Crippen molar-refractivity contribution in [3.05, 3.63) is 35.9 Å². The van der Waals surface area contributed by atoms with Gasteiger partial charge < -0.3 is 0 Å². The maximum Gasteiger partial charge on any atom is 0.343 e. The number of hydrogen-bond acceptors (Lipinski definition) is 4. The van der Waals surface area contributed by atoms with E-state index in [4.69, 9.17) is 0 Å². The molecule has 21 heavy (non-hydrogen) atoms. The number of imide groups is 2. The van der Waals surface area contributed by atoms with Crippen LogP contribution in [0.2, 0.25) is 0 Å². The summed E-state index contributed by atoms with van der Waals surface area (Å²) in [5.41, 5.74) is -0.318. The molecule has 1 aromatic carbocycles. The van der Waals surface area contributed by atoms with Crippen molar-refractivity contribution in [2.24, 2.45) is 0 Å². The van der Waals surface area contributed by atoms with Gasteiger partial charge in [0.25, 0.3) is 5.91 Å². The summed E-state index contributed by atoms with van der Waals surface area (Å²) in [6.45, 7) is 1.35. The second kappa shape index (κ2) is 4.41. The molecular formula is C14H13N3O4. The summed E-state index contributed by atoms with van der Waals surface area (Å²) in [7, 11) is 0. The van der Waals surface area contributed by atoms with E-state index in [0.29, 0.717) is 5.56 Å². The predicted molar refractivity (Wildman–Crippen MR) is 70.5 cm³/mol. The molecule has 7 heteroatoms. The normalized spacial score (nSPS) is 25.8. The summed E-state index contributed by atoms with van der Waals surface area (Å²) in [5, 5.41) is 3.70. The Hall–Kier alpha value is -2.70. The molecule has 0 bridgehead atoms. The fourth-order valence-electron chi connectivity index (χ4n) is 2.67. The minimum absolute atomic E-state index is 0.0339. The third-order valence-corrected chi connectivity index (χ3v) is 3.83. The van der Waals surface area contributed by atoms with E-state index in [-0.39, 0.29) is 13.0 Å². The molecule has 3 rings (SSSR count). The van der Waals surface area contributed by atoms with Gasteiger partial charge in [-0.25, -0.2) is 9.80 Å². The maximum absolute atomic E-state index is 12.6. The first kappa shape index (κ1) is 13.3. The molecule has 7 nitrogen and oxygen atoms in total. The number of amides is 5.